The van der Waals surface area contributed by atoms with E-state index in [0.717, 1.165) is 43.3 Å². The monoisotopic (exact) mass is 325 g/mol. The van der Waals surface area contributed by atoms with E-state index in [2.05, 4.69) is 34.4 Å². The largest absolute Gasteiger partial charge is 0.372 e. The lowest BCUT2D eigenvalue weighted by atomic mass is 9.99. The molecule has 0 unspecified atom stereocenters. The second-order valence-corrected chi connectivity index (χ2v) is 7.06. The highest BCUT2D eigenvalue weighted by atomic mass is 16.5. The molecule has 0 bridgehead atoms. The number of amides is 1. The van der Waals surface area contributed by atoms with Crippen molar-refractivity contribution in [3.05, 3.63) is 41.8 Å². The molecule has 0 atom stereocenters. The van der Waals surface area contributed by atoms with Crippen LogP contribution in [0.5, 0.6) is 0 Å². The minimum atomic E-state index is -0.217. The van der Waals surface area contributed by atoms with Crippen molar-refractivity contribution in [1.29, 1.82) is 0 Å². The highest BCUT2D eigenvalue weighted by molar-refractivity contribution is 6.02. The van der Waals surface area contributed by atoms with E-state index in [0.29, 0.717) is 11.6 Å². The maximum absolute atomic E-state index is 12.2. The van der Waals surface area contributed by atoms with Crippen LogP contribution in [-0.4, -0.2) is 24.2 Å². The molecule has 1 N–H and O–H groups in total. The summed E-state index contributed by atoms with van der Waals surface area (Å²) in [7, 11) is 0. The van der Waals surface area contributed by atoms with Gasteiger partial charge in [-0.1, -0.05) is 12.1 Å². The van der Waals surface area contributed by atoms with Crippen LogP contribution in [0.25, 0.3) is 0 Å². The molecule has 1 aromatic heterocycles. The highest BCUT2D eigenvalue weighted by Crippen LogP contribution is 2.40. The van der Waals surface area contributed by atoms with Crippen LogP contribution >= 0.6 is 0 Å². The van der Waals surface area contributed by atoms with Crippen LogP contribution in [0.1, 0.15) is 54.8 Å². The molecule has 2 aromatic rings. The quantitative estimate of drug-likeness (QED) is 0.921. The van der Waals surface area contributed by atoms with E-state index >= 15 is 0 Å². The molecule has 1 saturated carbocycles. The molecule has 5 nitrogen and oxygen atoms in total. The Balaban J connectivity index is 1.38. The predicted octanol–water partition coefficient (Wildman–Crippen LogP) is 4.04. The van der Waals surface area contributed by atoms with Gasteiger partial charge in [-0.15, -0.1) is 0 Å². The van der Waals surface area contributed by atoms with E-state index in [1.165, 1.54) is 18.5 Å². The molecule has 5 heteroatoms. The van der Waals surface area contributed by atoms with E-state index < -0.39 is 0 Å². The van der Waals surface area contributed by atoms with Crippen LogP contribution in [0.4, 0.5) is 11.4 Å². The first kappa shape index (κ1) is 15.2. The van der Waals surface area contributed by atoms with Crippen molar-refractivity contribution >= 4 is 17.3 Å². The zero-order valence-electron chi connectivity index (χ0n) is 14.0. The first-order valence-corrected chi connectivity index (χ1v) is 8.82. The molecule has 2 heterocycles. The Hall–Kier alpha value is -2.30. The highest BCUT2D eigenvalue weighted by Gasteiger charge is 2.28. The van der Waals surface area contributed by atoms with Gasteiger partial charge in [0.2, 0.25) is 0 Å². The van der Waals surface area contributed by atoms with Crippen LogP contribution < -0.4 is 10.2 Å². The number of carbonyl (C=O) groups excluding carboxylic acids is 1. The molecule has 126 valence electrons. The smallest absolute Gasteiger partial charge is 0.277 e. The molecule has 1 aromatic carbocycles. The van der Waals surface area contributed by atoms with Gasteiger partial charge in [-0.2, -0.15) is 0 Å². The summed E-state index contributed by atoms with van der Waals surface area (Å²) in [4.78, 5) is 14.7. The molecule has 1 amide bonds. The zero-order valence-corrected chi connectivity index (χ0v) is 14.0. The van der Waals surface area contributed by atoms with Gasteiger partial charge in [0, 0.05) is 36.4 Å². The molecule has 0 spiro atoms. The van der Waals surface area contributed by atoms with Crippen molar-refractivity contribution in [3.63, 3.8) is 0 Å². The van der Waals surface area contributed by atoms with Crippen molar-refractivity contribution in [1.82, 2.24) is 5.16 Å². The fourth-order valence-corrected chi connectivity index (χ4v) is 3.17. The standard InChI is InChI=1S/C19H23N3O2/c1-13-8-10-22(11-9-13)16-6-4-15(5-7-16)20-19(23)17-12-18(24-21-17)14-2-3-14/h4-7,12-14H,2-3,8-11H2,1H3,(H,20,23). The van der Waals surface area contributed by atoms with E-state index in [-0.39, 0.29) is 5.91 Å². The van der Waals surface area contributed by atoms with E-state index in [4.69, 9.17) is 4.52 Å². The van der Waals surface area contributed by atoms with E-state index in [1.54, 1.807) is 6.07 Å². The predicted molar refractivity (Wildman–Crippen MR) is 93.5 cm³/mol. The molecule has 1 aliphatic heterocycles. The minimum Gasteiger partial charge on any atom is -0.372 e. The van der Waals surface area contributed by atoms with Crippen LogP contribution in [0.15, 0.2) is 34.9 Å². The second kappa shape index (κ2) is 6.30. The second-order valence-electron chi connectivity index (χ2n) is 7.06. The van der Waals surface area contributed by atoms with Gasteiger partial charge in [-0.05, 0) is 55.9 Å². The topological polar surface area (TPSA) is 58.4 Å². The SMILES string of the molecule is CC1CCN(c2ccc(NC(=O)c3cc(C4CC4)on3)cc2)CC1. The average molecular weight is 325 g/mol. The van der Waals surface area contributed by atoms with Gasteiger partial charge < -0.3 is 14.7 Å². The van der Waals surface area contributed by atoms with Gasteiger partial charge in [-0.3, -0.25) is 4.79 Å². The van der Waals surface area contributed by atoms with Crippen molar-refractivity contribution in [2.24, 2.45) is 5.92 Å². The Morgan fingerprint density at radius 1 is 1.17 bits per heavy atom. The lowest BCUT2D eigenvalue weighted by Gasteiger charge is -2.32. The summed E-state index contributed by atoms with van der Waals surface area (Å²) in [6.45, 7) is 4.53. The van der Waals surface area contributed by atoms with Crippen molar-refractivity contribution in [3.8, 4) is 0 Å². The number of nitrogens with one attached hydrogen (secondary N) is 1. The van der Waals surface area contributed by atoms with Crippen LogP contribution in [0, 0.1) is 5.92 Å². The van der Waals surface area contributed by atoms with Crippen LogP contribution in [0.2, 0.25) is 0 Å². The fraction of sp³-hybridized carbons (Fsp3) is 0.474. The normalized spacial score (nSPS) is 18.6. The summed E-state index contributed by atoms with van der Waals surface area (Å²) < 4.78 is 5.24. The third kappa shape index (κ3) is 3.30. The molecular formula is C19H23N3O2. The molecule has 2 fully saturated rings. The Bertz CT molecular complexity index is 710. The molecule has 1 aliphatic carbocycles. The number of benzene rings is 1. The molecule has 0 radical (unpaired) electrons. The molecular weight excluding hydrogens is 302 g/mol. The van der Waals surface area contributed by atoms with E-state index in [9.17, 15) is 4.79 Å². The Morgan fingerprint density at radius 3 is 2.54 bits per heavy atom. The third-order valence-electron chi connectivity index (χ3n) is 5.01. The fourth-order valence-electron chi connectivity index (χ4n) is 3.17. The first-order valence-electron chi connectivity index (χ1n) is 8.82. The van der Waals surface area contributed by atoms with E-state index in [1.807, 2.05) is 12.1 Å². The summed E-state index contributed by atoms with van der Waals surface area (Å²) in [5, 5.41) is 6.76. The molecule has 24 heavy (non-hydrogen) atoms. The number of aromatic nitrogens is 1. The van der Waals surface area contributed by atoms with Crippen LogP contribution in [-0.2, 0) is 0 Å². The molecule has 1 saturated heterocycles. The zero-order chi connectivity index (χ0) is 16.5. The minimum absolute atomic E-state index is 0.217. The van der Waals surface area contributed by atoms with Crippen molar-refractivity contribution in [2.45, 2.75) is 38.5 Å². The number of hydrogen-bond donors (Lipinski definition) is 1. The summed E-state index contributed by atoms with van der Waals surface area (Å²) in [6.07, 6.45) is 4.75. The summed E-state index contributed by atoms with van der Waals surface area (Å²) in [6, 6.07) is 9.81. The van der Waals surface area contributed by atoms with Crippen molar-refractivity contribution < 1.29 is 9.32 Å². The number of rotatable bonds is 4. The van der Waals surface area contributed by atoms with Gasteiger partial charge >= 0.3 is 0 Å². The molecule has 2 aliphatic rings. The number of carbonyl (C=O) groups is 1. The Morgan fingerprint density at radius 2 is 1.88 bits per heavy atom. The lowest BCUT2D eigenvalue weighted by molar-refractivity contribution is 0.101. The Labute approximate surface area is 142 Å². The van der Waals surface area contributed by atoms with Gasteiger partial charge in [0.05, 0.1) is 0 Å². The maximum Gasteiger partial charge on any atom is 0.277 e. The summed E-state index contributed by atoms with van der Waals surface area (Å²) in [5.74, 6) is 1.90. The number of piperidine rings is 1. The number of nitrogens with zero attached hydrogens (tertiary/aromatic N) is 2. The average Bonchev–Trinajstić information content (AvgIpc) is 3.33. The lowest BCUT2D eigenvalue weighted by Crippen LogP contribution is -2.32. The third-order valence-corrected chi connectivity index (χ3v) is 5.01. The van der Waals surface area contributed by atoms with Crippen LogP contribution in [0.3, 0.4) is 0 Å². The van der Waals surface area contributed by atoms with Gasteiger partial charge in [-0.25, -0.2) is 0 Å². The summed E-state index contributed by atoms with van der Waals surface area (Å²) in [5.41, 5.74) is 2.36. The van der Waals surface area contributed by atoms with Gasteiger partial charge in [0.15, 0.2) is 5.69 Å². The number of hydrogen-bond acceptors (Lipinski definition) is 4. The molecule has 4 rings (SSSR count). The van der Waals surface area contributed by atoms with Gasteiger partial charge in [0.1, 0.15) is 5.76 Å². The Kier molecular flexibility index (Phi) is 4.00. The van der Waals surface area contributed by atoms with Gasteiger partial charge in [0.25, 0.3) is 5.91 Å². The maximum atomic E-state index is 12.2. The first-order chi connectivity index (χ1) is 11.7. The van der Waals surface area contributed by atoms with Crippen molar-refractivity contribution in [2.75, 3.05) is 23.3 Å². The summed E-state index contributed by atoms with van der Waals surface area (Å²) >= 11 is 0. The number of anilines is 2.